The molecule has 0 aromatic carbocycles. The van der Waals surface area contributed by atoms with Gasteiger partial charge in [-0.15, -0.1) is 0 Å². The molecular weight excluding hydrogens is 244 g/mol. The first-order valence-corrected chi connectivity index (χ1v) is 7.78. The van der Waals surface area contributed by atoms with Gasteiger partial charge in [0.2, 0.25) is 5.13 Å². The van der Waals surface area contributed by atoms with Crippen LogP contribution in [-0.2, 0) is 6.42 Å². The topological polar surface area (TPSA) is 41.1 Å². The summed E-state index contributed by atoms with van der Waals surface area (Å²) in [6.07, 6.45) is 3.47. The average Bonchev–Trinajstić information content (AvgIpc) is 2.95. The maximum Gasteiger partial charge on any atom is 0.205 e. The van der Waals surface area contributed by atoms with Crippen molar-refractivity contribution < 1.29 is 0 Å². The Labute approximate surface area is 114 Å². The van der Waals surface area contributed by atoms with E-state index in [1.54, 1.807) is 11.5 Å². The fourth-order valence-corrected chi connectivity index (χ4v) is 3.19. The normalized spacial score (nSPS) is 20.0. The van der Waals surface area contributed by atoms with Crippen LogP contribution in [-0.4, -0.2) is 35.0 Å². The molecule has 102 valence electrons. The van der Waals surface area contributed by atoms with Gasteiger partial charge in [0.1, 0.15) is 5.82 Å². The van der Waals surface area contributed by atoms with E-state index in [0.29, 0.717) is 12.0 Å². The molecule has 1 aromatic rings. The van der Waals surface area contributed by atoms with Crippen molar-refractivity contribution in [1.82, 2.24) is 14.7 Å². The summed E-state index contributed by atoms with van der Waals surface area (Å²) in [5.41, 5.74) is 0. The van der Waals surface area contributed by atoms with E-state index < -0.39 is 0 Å². The zero-order valence-corrected chi connectivity index (χ0v) is 12.5. The summed E-state index contributed by atoms with van der Waals surface area (Å²) in [5, 5.41) is 4.67. The molecule has 1 N–H and O–H groups in total. The Morgan fingerprint density at radius 3 is 3.00 bits per heavy atom. The van der Waals surface area contributed by atoms with E-state index in [0.717, 1.165) is 37.0 Å². The summed E-state index contributed by atoms with van der Waals surface area (Å²) < 4.78 is 4.39. The summed E-state index contributed by atoms with van der Waals surface area (Å²) in [6, 6.07) is 0.599. The third-order valence-electron chi connectivity index (χ3n) is 3.33. The van der Waals surface area contributed by atoms with E-state index in [4.69, 9.17) is 0 Å². The van der Waals surface area contributed by atoms with Crippen molar-refractivity contribution >= 4 is 16.7 Å². The van der Waals surface area contributed by atoms with Gasteiger partial charge in [0, 0.05) is 37.1 Å². The Kier molecular flexibility index (Phi) is 4.95. The van der Waals surface area contributed by atoms with Crippen LogP contribution in [0.1, 0.15) is 39.4 Å². The van der Waals surface area contributed by atoms with E-state index in [9.17, 15) is 0 Å². The lowest BCUT2D eigenvalue weighted by molar-refractivity contribution is 0.512. The minimum atomic E-state index is 0.599. The van der Waals surface area contributed by atoms with Gasteiger partial charge in [-0.2, -0.15) is 4.37 Å². The van der Waals surface area contributed by atoms with E-state index >= 15 is 0 Å². The van der Waals surface area contributed by atoms with Gasteiger partial charge in [-0.3, -0.25) is 0 Å². The van der Waals surface area contributed by atoms with Gasteiger partial charge in [0.25, 0.3) is 0 Å². The molecule has 1 aliphatic heterocycles. The molecule has 2 rings (SSSR count). The quantitative estimate of drug-likeness (QED) is 0.859. The molecule has 0 aliphatic carbocycles. The Morgan fingerprint density at radius 2 is 2.33 bits per heavy atom. The van der Waals surface area contributed by atoms with Crippen molar-refractivity contribution in [3.8, 4) is 0 Å². The SMILES string of the molecule is CCc1nsc(N2CCCC2CNCC(C)C)n1. The van der Waals surface area contributed by atoms with Crippen LogP contribution in [0.15, 0.2) is 0 Å². The number of rotatable bonds is 6. The van der Waals surface area contributed by atoms with Crippen molar-refractivity contribution in [2.75, 3.05) is 24.5 Å². The number of aromatic nitrogens is 2. The Morgan fingerprint density at radius 1 is 1.50 bits per heavy atom. The van der Waals surface area contributed by atoms with Gasteiger partial charge in [-0.25, -0.2) is 4.98 Å². The maximum atomic E-state index is 4.61. The molecule has 1 fully saturated rings. The van der Waals surface area contributed by atoms with Crippen LogP contribution in [0, 0.1) is 5.92 Å². The summed E-state index contributed by atoms with van der Waals surface area (Å²) in [7, 11) is 0. The van der Waals surface area contributed by atoms with Gasteiger partial charge < -0.3 is 10.2 Å². The average molecular weight is 268 g/mol. The predicted octanol–water partition coefficient (Wildman–Crippen LogP) is 2.31. The largest absolute Gasteiger partial charge is 0.343 e. The van der Waals surface area contributed by atoms with Crippen LogP contribution in [0.5, 0.6) is 0 Å². The second-order valence-electron chi connectivity index (χ2n) is 5.39. The van der Waals surface area contributed by atoms with Crippen LogP contribution in [0.25, 0.3) is 0 Å². The fraction of sp³-hybridized carbons (Fsp3) is 0.846. The first-order valence-electron chi connectivity index (χ1n) is 7.00. The molecule has 0 radical (unpaired) electrons. The number of nitrogens with zero attached hydrogens (tertiary/aromatic N) is 3. The molecule has 1 unspecified atom stereocenters. The Bertz CT molecular complexity index is 364. The highest BCUT2D eigenvalue weighted by molar-refractivity contribution is 7.09. The molecular formula is C13H24N4S. The highest BCUT2D eigenvalue weighted by atomic mass is 32.1. The maximum absolute atomic E-state index is 4.61. The van der Waals surface area contributed by atoms with E-state index in [1.165, 1.54) is 12.8 Å². The van der Waals surface area contributed by atoms with E-state index in [-0.39, 0.29) is 0 Å². The predicted molar refractivity (Wildman–Crippen MR) is 77.4 cm³/mol. The number of hydrogen-bond acceptors (Lipinski definition) is 5. The van der Waals surface area contributed by atoms with Crippen LogP contribution in [0.4, 0.5) is 5.13 Å². The first kappa shape index (κ1) is 13.7. The highest BCUT2D eigenvalue weighted by Crippen LogP contribution is 2.26. The van der Waals surface area contributed by atoms with Crippen molar-refractivity contribution in [3.63, 3.8) is 0 Å². The minimum absolute atomic E-state index is 0.599. The van der Waals surface area contributed by atoms with Crippen molar-refractivity contribution in [2.24, 2.45) is 5.92 Å². The minimum Gasteiger partial charge on any atom is -0.343 e. The van der Waals surface area contributed by atoms with Crippen molar-refractivity contribution in [2.45, 2.75) is 46.1 Å². The van der Waals surface area contributed by atoms with Gasteiger partial charge in [0.15, 0.2) is 0 Å². The zero-order chi connectivity index (χ0) is 13.0. The Hall–Kier alpha value is -0.680. The van der Waals surface area contributed by atoms with Crippen LogP contribution < -0.4 is 10.2 Å². The third-order valence-corrected chi connectivity index (χ3v) is 4.12. The Balaban J connectivity index is 1.90. The standard InChI is InChI=1S/C13H24N4S/c1-4-12-15-13(18-16-12)17-7-5-6-11(17)9-14-8-10(2)3/h10-11,14H,4-9H2,1-3H3. The van der Waals surface area contributed by atoms with Gasteiger partial charge in [-0.05, 0) is 25.3 Å². The molecule has 1 aliphatic rings. The van der Waals surface area contributed by atoms with Gasteiger partial charge in [0.05, 0.1) is 0 Å². The summed E-state index contributed by atoms with van der Waals surface area (Å²) in [5.74, 6) is 1.70. The fourth-order valence-electron chi connectivity index (χ4n) is 2.34. The highest BCUT2D eigenvalue weighted by Gasteiger charge is 2.26. The van der Waals surface area contributed by atoms with Crippen molar-refractivity contribution in [1.29, 1.82) is 0 Å². The third kappa shape index (κ3) is 3.42. The molecule has 1 saturated heterocycles. The lowest BCUT2D eigenvalue weighted by atomic mass is 10.2. The van der Waals surface area contributed by atoms with Crippen molar-refractivity contribution in [3.05, 3.63) is 5.82 Å². The molecule has 0 spiro atoms. The zero-order valence-electron chi connectivity index (χ0n) is 11.6. The van der Waals surface area contributed by atoms with Crippen LogP contribution in [0.3, 0.4) is 0 Å². The second kappa shape index (κ2) is 6.48. The second-order valence-corrected chi connectivity index (χ2v) is 6.12. The lowest BCUT2D eigenvalue weighted by Gasteiger charge is -2.24. The lowest BCUT2D eigenvalue weighted by Crippen LogP contribution is -2.39. The van der Waals surface area contributed by atoms with E-state index in [2.05, 4.69) is 40.3 Å². The van der Waals surface area contributed by atoms with Gasteiger partial charge in [-0.1, -0.05) is 20.8 Å². The summed E-state index contributed by atoms with van der Waals surface area (Å²) in [6.45, 7) is 9.90. The summed E-state index contributed by atoms with van der Waals surface area (Å²) in [4.78, 5) is 7.04. The number of anilines is 1. The molecule has 0 bridgehead atoms. The molecule has 1 atom stereocenters. The van der Waals surface area contributed by atoms with Crippen LogP contribution in [0.2, 0.25) is 0 Å². The number of nitrogens with one attached hydrogen (secondary N) is 1. The number of hydrogen-bond donors (Lipinski definition) is 1. The molecule has 0 amide bonds. The monoisotopic (exact) mass is 268 g/mol. The molecule has 18 heavy (non-hydrogen) atoms. The van der Waals surface area contributed by atoms with Gasteiger partial charge >= 0.3 is 0 Å². The summed E-state index contributed by atoms with van der Waals surface area (Å²) >= 11 is 1.55. The first-order chi connectivity index (χ1) is 8.70. The molecule has 1 aromatic heterocycles. The molecule has 0 saturated carbocycles. The molecule has 2 heterocycles. The smallest absolute Gasteiger partial charge is 0.205 e. The molecule has 4 nitrogen and oxygen atoms in total. The number of aryl methyl sites for hydroxylation is 1. The van der Waals surface area contributed by atoms with Crippen LogP contribution >= 0.6 is 11.5 Å². The molecule has 5 heteroatoms. The van der Waals surface area contributed by atoms with E-state index in [1.807, 2.05) is 0 Å².